The van der Waals surface area contributed by atoms with Crippen molar-refractivity contribution >= 4 is 38.9 Å². The van der Waals surface area contributed by atoms with E-state index in [1.165, 1.54) is 4.88 Å². The van der Waals surface area contributed by atoms with Crippen molar-refractivity contribution in [1.29, 1.82) is 0 Å². The van der Waals surface area contributed by atoms with Gasteiger partial charge in [-0.1, -0.05) is 11.6 Å². The maximum Gasteiger partial charge on any atom is 0.107 e. The highest BCUT2D eigenvalue weighted by atomic mass is 79.9. The summed E-state index contributed by atoms with van der Waals surface area (Å²) in [5.74, 6) is 0. The number of nitrogens with two attached hydrogens (primary N) is 1. The summed E-state index contributed by atoms with van der Waals surface area (Å²) >= 11 is 11.2. The topological polar surface area (TPSA) is 29.3 Å². The largest absolute Gasteiger partial charge is 0.326 e. The van der Waals surface area contributed by atoms with Crippen LogP contribution in [0.3, 0.4) is 0 Å². The molecule has 1 aliphatic heterocycles. The summed E-state index contributed by atoms with van der Waals surface area (Å²) in [5, 5.41) is 0. The SMILES string of the molecule is CC(C)N1CCC(N)C1c1cc(Br)c(Cl)s1. The number of thiophene rings is 1. The van der Waals surface area contributed by atoms with Gasteiger partial charge in [-0.05, 0) is 42.3 Å². The van der Waals surface area contributed by atoms with Crippen LogP contribution in [0.15, 0.2) is 10.5 Å². The molecule has 1 aromatic rings. The molecule has 0 spiro atoms. The van der Waals surface area contributed by atoms with Crippen LogP contribution in [0.25, 0.3) is 0 Å². The van der Waals surface area contributed by atoms with Gasteiger partial charge in [-0.3, -0.25) is 4.90 Å². The van der Waals surface area contributed by atoms with Crippen molar-refractivity contribution in [2.75, 3.05) is 6.54 Å². The van der Waals surface area contributed by atoms with Crippen molar-refractivity contribution in [2.24, 2.45) is 5.73 Å². The Morgan fingerprint density at radius 3 is 2.81 bits per heavy atom. The van der Waals surface area contributed by atoms with Crippen LogP contribution in [0.5, 0.6) is 0 Å². The van der Waals surface area contributed by atoms with Gasteiger partial charge in [-0.25, -0.2) is 0 Å². The van der Waals surface area contributed by atoms with Crippen LogP contribution in [-0.2, 0) is 0 Å². The number of hydrogen-bond acceptors (Lipinski definition) is 3. The van der Waals surface area contributed by atoms with Gasteiger partial charge in [-0.2, -0.15) is 0 Å². The second kappa shape index (κ2) is 4.94. The molecule has 90 valence electrons. The monoisotopic (exact) mass is 322 g/mol. The van der Waals surface area contributed by atoms with E-state index in [1.54, 1.807) is 11.3 Å². The molecular formula is C11H16BrClN2S. The lowest BCUT2D eigenvalue weighted by Gasteiger charge is -2.29. The van der Waals surface area contributed by atoms with E-state index in [4.69, 9.17) is 17.3 Å². The van der Waals surface area contributed by atoms with Gasteiger partial charge < -0.3 is 5.73 Å². The van der Waals surface area contributed by atoms with Crippen molar-refractivity contribution < 1.29 is 0 Å². The van der Waals surface area contributed by atoms with E-state index in [0.717, 1.165) is 21.8 Å². The molecule has 0 bridgehead atoms. The van der Waals surface area contributed by atoms with E-state index in [9.17, 15) is 0 Å². The standard InChI is InChI=1S/C11H16BrClN2S/c1-6(2)15-4-3-8(14)10(15)9-5-7(12)11(13)16-9/h5-6,8,10H,3-4,14H2,1-2H3. The lowest BCUT2D eigenvalue weighted by atomic mass is 10.1. The average Bonchev–Trinajstić information content (AvgIpc) is 2.71. The Morgan fingerprint density at radius 2 is 2.31 bits per heavy atom. The Balaban J connectivity index is 2.29. The molecule has 2 N–H and O–H groups in total. The first kappa shape index (κ1) is 12.8. The molecule has 0 saturated carbocycles. The van der Waals surface area contributed by atoms with E-state index >= 15 is 0 Å². The minimum absolute atomic E-state index is 0.226. The van der Waals surface area contributed by atoms with E-state index in [1.807, 2.05) is 0 Å². The Morgan fingerprint density at radius 1 is 1.62 bits per heavy atom. The summed E-state index contributed by atoms with van der Waals surface area (Å²) in [5.41, 5.74) is 6.21. The van der Waals surface area contributed by atoms with Crippen LogP contribution in [-0.4, -0.2) is 23.5 Å². The van der Waals surface area contributed by atoms with Crippen molar-refractivity contribution in [3.63, 3.8) is 0 Å². The zero-order valence-electron chi connectivity index (χ0n) is 9.41. The van der Waals surface area contributed by atoms with Crippen LogP contribution in [0.4, 0.5) is 0 Å². The Kier molecular flexibility index (Phi) is 3.97. The molecule has 1 fully saturated rings. The molecule has 5 heteroatoms. The maximum absolute atomic E-state index is 6.21. The molecule has 0 aromatic carbocycles. The Bertz CT molecular complexity index is 361. The van der Waals surface area contributed by atoms with Crippen LogP contribution in [0.2, 0.25) is 4.34 Å². The highest BCUT2D eigenvalue weighted by molar-refractivity contribution is 9.10. The van der Waals surface area contributed by atoms with Crippen LogP contribution in [0.1, 0.15) is 31.2 Å². The normalized spacial score (nSPS) is 26.9. The minimum Gasteiger partial charge on any atom is -0.326 e. The smallest absolute Gasteiger partial charge is 0.107 e. The molecule has 1 saturated heterocycles. The van der Waals surface area contributed by atoms with Gasteiger partial charge in [0.05, 0.1) is 6.04 Å². The fraction of sp³-hybridized carbons (Fsp3) is 0.636. The second-order valence-electron chi connectivity index (χ2n) is 4.50. The third-order valence-corrected chi connectivity index (χ3v) is 5.65. The zero-order valence-corrected chi connectivity index (χ0v) is 12.6. The highest BCUT2D eigenvalue weighted by Gasteiger charge is 2.35. The van der Waals surface area contributed by atoms with E-state index in [0.29, 0.717) is 12.1 Å². The van der Waals surface area contributed by atoms with Crippen LogP contribution >= 0.6 is 38.9 Å². The molecule has 16 heavy (non-hydrogen) atoms. The van der Waals surface area contributed by atoms with Gasteiger partial charge in [0.1, 0.15) is 4.34 Å². The zero-order chi connectivity index (χ0) is 11.9. The van der Waals surface area contributed by atoms with E-state index in [2.05, 4.69) is 40.7 Å². The summed E-state index contributed by atoms with van der Waals surface area (Å²) in [7, 11) is 0. The number of nitrogens with zero attached hydrogens (tertiary/aromatic N) is 1. The van der Waals surface area contributed by atoms with Gasteiger partial charge in [0, 0.05) is 28.0 Å². The highest BCUT2D eigenvalue weighted by Crippen LogP contribution is 2.41. The number of rotatable bonds is 2. The molecule has 1 aliphatic rings. The molecule has 2 heterocycles. The van der Waals surface area contributed by atoms with E-state index in [-0.39, 0.29) is 6.04 Å². The first-order valence-electron chi connectivity index (χ1n) is 5.46. The molecule has 2 nitrogen and oxygen atoms in total. The van der Waals surface area contributed by atoms with Gasteiger partial charge in [-0.15, -0.1) is 11.3 Å². The predicted molar refractivity (Wildman–Crippen MR) is 74.2 cm³/mol. The molecule has 1 aromatic heterocycles. The summed E-state index contributed by atoms with van der Waals surface area (Å²) in [6.45, 7) is 5.52. The summed E-state index contributed by atoms with van der Waals surface area (Å²) in [6.07, 6.45) is 1.07. The van der Waals surface area contributed by atoms with E-state index < -0.39 is 0 Å². The summed E-state index contributed by atoms with van der Waals surface area (Å²) < 4.78 is 1.80. The van der Waals surface area contributed by atoms with Crippen LogP contribution < -0.4 is 5.73 Å². The fourth-order valence-electron chi connectivity index (χ4n) is 2.30. The average molecular weight is 324 g/mol. The van der Waals surface area contributed by atoms with Crippen LogP contribution in [0, 0.1) is 0 Å². The van der Waals surface area contributed by atoms with Gasteiger partial charge in [0.25, 0.3) is 0 Å². The third-order valence-electron chi connectivity index (χ3n) is 3.10. The first-order chi connectivity index (χ1) is 7.50. The number of halogens is 2. The van der Waals surface area contributed by atoms with Gasteiger partial charge in [0.15, 0.2) is 0 Å². The van der Waals surface area contributed by atoms with Crippen molar-refractivity contribution in [1.82, 2.24) is 4.90 Å². The van der Waals surface area contributed by atoms with Crippen molar-refractivity contribution in [2.45, 2.75) is 38.4 Å². The predicted octanol–water partition coefficient (Wildman–Crippen LogP) is 3.65. The van der Waals surface area contributed by atoms with Gasteiger partial charge >= 0.3 is 0 Å². The quantitative estimate of drug-likeness (QED) is 0.900. The minimum atomic E-state index is 0.226. The molecule has 0 amide bonds. The third kappa shape index (κ3) is 2.31. The lowest BCUT2D eigenvalue weighted by Crippen LogP contribution is -2.35. The summed E-state index contributed by atoms with van der Waals surface area (Å²) in [6, 6.07) is 3.19. The Hall–Kier alpha value is 0.390. The summed E-state index contributed by atoms with van der Waals surface area (Å²) in [4.78, 5) is 3.73. The molecule has 2 unspecified atom stereocenters. The molecule has 0 aliphatic carbocycles. The molecular weight excluding hydrogens is 308 g/mol. The Labute approximate surface area is 114 Å². The second-order valence-corrected chi connectivity index (χ2v) is 7.04. The van der Waals surface area contributed by atoms with Crippen molar-refractivity contribution in [3.05, 3.63) is 19.8 Å². The first-order valence-corrected chi connectivity index (χ1v) is 7.45. The maximum atomic E-state index is 6.21. The molecule has 2 atom stereocenters. The molecule has 2 rings (SSSR count). The van der Waals surface area contributed by atoms with Crippen molar-refractivity contribution in [3.8, 4) is 0 Å². The van der Waals surface area contributed by atoms with Gasteiger partial charge in [0.2, 0.25) is 0 Å². The number of hydrogen-bond donors (Lipinski definition) is 1. The number of likely N-dealkylation sites (tertiary alicyclic amines) is 1. The fourth-order valence-corrected chi connectivity index (χ4v) is 4.24. The molecule has 0 radical (unpaired) electrons. The lowest BCUT2D eigenvalue weighted by molar-refractivity contribution is 0.201.